The zero-order valence-electron chi connectivity index (χ0n) is 23.9. The Kier molecular flexibility index (Phi) is 15.1. The quantitative estimate of drug-likeness (QED) is 0.217. The first-order valence-corrected chi connectivity index (χ1v) is 14.2. The summed E-state index contributed by atoms with van der Waals surface area (Å²) in [7, 11) is -0.928. The summed E-state index contributed by atoms with van der Waals surface area (Å²) < 4.78 is 38.4. The van der Waals surface area contributed by atoms with Gasteiger partial charge in [-0.25, -0.2) is 8.42 Å². The molecule has 0 fully saturated rings. The van der Waals surface area contributed by atoms with Crippen LogP contribution in [0.25, 0.3) is 0 Å². The topological polar surface area (TPSA) is 125 Å². The number of methoxy groups -OCH3 is 2. The van der Waals surface area contributed by atoms with E-state index in [9.17, 15) is 23.1 Å². The van der Waals surface area contributed by atoms with E-state index in [1.807, 2.05) is 32.9 Å². The number of hydrogen-bond acceptors (Lipinski definition) is 7. The maximum atomic E-state index is 13.3. The maximum Gasteiger partial charge on any atom is 1.00 e. The number of nitrogens with zero attached hydrogens (tertiary/aromatic N) is 1. The minimum Gasteiger partial charge on any atom is -0.548 e. The van der Waals surface area contributed by atoms with E-state index in [-0.39, 0.29) is 65.7 Å². The van der Waals surface area contributed by atoms with Crippen LogP contribution in [0.2, 0.25) is 0 Å². The number of hydrogen-bond donors (Lipinski definition) is 1. The number of aliphatic carboxylic acids is 1. The van der Waals surface area contributed by atoms with Crippen LogP contribution in [0, 0.1) is 12.8 Å². The predicted octanol–water partition coefficient (Wildman–Crippen LogP) is -0.299. The van der Waals surface area contributed by atoms with Crippen LogP contribution >= 0.6 is 0 Å². The number of ether oxygens (including phenoxy) is 2. The summed E-state index contributed by atoms with van der Waals surface area (Å²) in [5.41, 5.74) is 1.76. The molecule has 0 bridgehead atoms. The largest absolute Gasteiger partial charge is 1.00 e. The summed E-state index contributed by atoms with van der Waals surface area (Å²) in [6.45, 7) is 5.92. The van der Waals surface area contributed by atoms with Crippen molar-refractivity contribution in [2.45, 2.75) is 63.8 Å². The van der Waals surface area contributed by atoms with Gasteiger partial charge in [0, 0.05) is 19.5 Å². The summed E-state index contributed by atoms with van der Waals surface area (Å²) in [6.07, 6.45) is 1.71. The fourth-order valence-corrected chi connectivity index (χ4v) is 5.93. The Hall–Kier alpha value is -2.11. The summed E-state index contributed by atoms with van der Waals surface area (Å²) in [4.78, 5) is 24.4. The van der Waals surface area contributed by atoms with Crippen molar-refractivity contribution in [3.63, 3.8) is 0 Å². The summed E-state index contributed by atoms with van der Waals surface area (Å²) in [5, 5.41) is 14.9. The number of rotatable bonds is 16. The molecule has 9 nitrogen and oxygen atoms in total. The summed E-state index contributed by atoms with van der Waals surface area (Å²) in [6, 6.07) is 10.5. The number of carbonyl (C=O) groups is 2. The molecule has 0 unspecified atom stereocenters. The van der Waals surface area contributed by atoms with Crippen LogP contribution in [0.15, 0.2) is 47.4 Å². The van der Waals surface area contributed by atoms with Crippen molar-refractivity contribution >= 4 is 21.9 Å². The fraction of sp³-hybridized carbons (Fsp3) is 0.500. The van der Waals surface area contributed by atoms with Crippen molar-refractivity contribution in [2.75, 3.05) is 27.3 Å². The number of unbranched alkanes of at least 4 members (excludes halogenated alkanes) is 1. The molecule has 1 N–H and O–H groups in total. The number of aryl methyl sites for hydroxylation is 2. The molecule has 1 amide bonds. The van der Waals surface area contributed by atoms with Crippen LogP contribution in [-0.4, -0.2) is 58.0 Å². The number of carboxylic acids is 1. The first-order chi connectivity index (χ1) is 18.0. The van der Waals surface area contributed by atoms with Crippen LogP contribution < -0.4 is 49.5 Å². The van der Waals surface area contributed by atoms with Crippen LogP contribution in [0.3, 0.4) is 0 Å². The maximum absolute atomic E-state index is 13.3. The second kappa shape index (κ2) is 16.9. The number of para-hydroxylation sites is 1. The normalized spacial score (nSPS) is 12.1. The van der Waals surface area contributed by atoms with E-state index in [2.05, 4.69) is 5.32 Å². The van der Waals surface area contributed by atoms with Gasteiger partial charge in [-0.3, -0.25) is 4.79 Å². The molecule has 0 heterocycles. The minimum absolute atomic E-state index is 0. The third-order valence-electron chi connectivity index (χ3n) is 6.12. The van der Waals surface area contributed by atoms with Crippen molar-refractivity contribution in [1.29, 1.82) is 0 Å². The SMILES string of the molecule is COc1cccc(CCC(=O)NCCCC[C@@H](C(=O)[O-])N(CC(C)C)S(=O)(=O)c2ccc(C)cc2)c1OC.[Na+]. The molecule has 2 aromatic rings. The molecule has 1 atom stereocenters. The Balaban J connectivity index is 0.00000760. The molecule has 39 heavy (non-hydrogen) atoms. The van der Waals surface area contributed by atoms with E-state index in [1.165, 1.54) is 12.1 Å². The van der Waals surface area contributed by atoms with Gasteiger partial charge in [0.05, 0.1) is 31.1 Å². The minimum atomic E-state index is -4.03. The van der Waals surface area contributed by atoms with Gasteiger partial charge >= 0.3 is 29.6 Å². The van der Waals surface area contributed by atoms with E-state index < -0.39 is 22.0 Å². The van der Waals surface area contributed by atoms with Crippen LogP contribution in [0.1, 0.15) is 50.7 Å². The van der Waals surface area contributed by atoms with Crippen LogP contribution in [-0.2, 0) is 26.0 Å². The monoisotopic (exact) mass is 570 g/mol. The molecule has 2 aromatic carbocycles. The second-order valence-electron chi connectivity index (χ2n) is 9.61. The average molecular weight is 571 g/mol. The van der Waals surface area contributed by atoms with E-state index in [0.717, 1.165) is 15.4 Å². The Labute approximate surface area is 254 Å². The van der Waals surface area contributed by atoms with E-state index in [4.69, 9.17) is 9.47 Å². The molecule has 0 saturated carbocycles. The summed E-state index contributed by atoms with van der Waals surface area (Å²) >= 11 is 0. The van der Waals surface area contributed by atoms with Gasteiger partial charge in [0.1, 0.15) is 0 Å². The number of nitrogens with one attached hydrogen (secondary N) is 1. The van der Waals surface area contributed by atoms with Crippen LogP contribution in [0.4, 0.5) is 0 Å². The fourth-order valence-electron chi connectivity index (χ4n) is 4.16. The van der Waals surface area contributed by atoms with Crippen LogP contribution in [0.5, 0.6) is 11.5 Å². The summed E-state index contributed by atoms with van der Waals surface area (Å²) in [5.74, 6) is -0.460. The molecule has 0 aliphatic heterocycles. The van der Waals surface area contributed by atoms with Crippen molar-refractivity contribution < 1.29 is 62.1 Å². The third kappa shape index (κ3) is 10.4. The third-order valence-corrected chi connectivity index (χ3v) is 8.01. The van der Waals surface area contributed by atoms with Gasteiger partial charge in [-0.1, -0.05) is 43.7 Å². The van der Waals surface area contributed by atoms with Gasteiger partial charge in [-0.2, -0.15) is 4.31 Å². The van der Waals surface area contributed by atoms with E-state index in [0.29, 0.717) is 37.3 Å². The van der Waals surface area contributed by atoms with Gasteiger partial charge in [0.25, 0.3) is 0 Å². The van der Waals surface area contributed by atoms with Crippen molar-refractivity contribution in [3.05, 3.63) is 53.6 Å². The van der Waals surface area contributed by atoms with Crippen molar-refractivity contribution in [2.24, 2.45) is 5.92 Å². The average Bonchev–Trinajstić information content (AvgIpc) is 2.87. The van der Waals surface area contributed by atoms with E-state index >= 15 is 0 Å². The molecule has 0 saturated heterocycles. The number of sulfonamides is 1. The molecule has 0 aliphatic rings. The standard InChI is InChI=1S/C28H40N2O7S.Na/c1-20(2)19-30(38(34,35)23-15-12-21(3)13-16-23)24(28(32)33)10-6-7-18-29-26(31)17-14-22-9-8-11-25(36-4)27(22)37-5;/h8-9,11-13,15-16,20,24H,6-7,10,14,17-19H2,1-5H3,(H,29,31)(H,32,33);/q;+1/p-1/t24-;/m0./s1. The molecule has 0 radical (unpaired) electrons. The molecule has 0 aliphatic carbocycles. The van der Waals surface area contributed by atoms with Crippen molar-refractivity contribution in [1.82, 2.24) is 9.62 Å². The number of carboxylic acid groups (broad SMARTS) is 1. The molecule has 2 rings (SSSR count). The number of amides is 1. The van der Waals surface area contributed by atoms with Gasteiger partial charge in [-0.05, 0) is 62.3 Å². The molecular formula is C28H39N2NaO7S. The first kappa shape index (κ1) is 34.9. The Morgan fingerprint density at radius 1 is 1.03 bits per heavy atom. The Morgan fingerprint density at radius 2 is 1.69 bits per heavy atom. The first-order valence-electron chi connectivity index (χ1n) is 12.8. The molecule has 0 aromatic heterocycles. The van der Waals surface area contributed by atoms with Gasteiger partial charge < -0.3 is 24.7 Å². The Bertz CT molecular complexity index is 1170. The second-order valence-corrected chi connectivity index (χ2v) is 11.5. The molecular weight excluding hydrogens is 531 g/mol. The Morgan fingerprint density at radius 3 is 2.26 bits per heavy atom. The molecule has 0 spiro atoms. The number of benzene rings is 2. The van der Waals surface area contributed by atoms with Gasteiger partial charge in [0.15, 0.2) is 11.5 Å². The smallest absolute Gasteiger partial charge is 0.548 e. The van der Waals surface area contributed by atoms with E-state index in [1.54, 1.807) is 32.4 Å². The molecule has 210 valence electrons. The zero-order valence-corrected chi connectivity index (χ0v) is 26.7. The van der Waals surface area contributed by atoms with Gasteiger partial charge in [-0.15, -0.1) is 0 Å². The zero-order chi connectivity index (χ0) is 28.3. The predicted molar refractivity (Wildman–Crippen MR) is 143 cm³/mol. The number of carbonyl (C=O) groups excluding carboxylic acids is 2. The van der Waals surface area contributed by atoms with Gasteiger partial charge in [0.2, 0.25) is 15.9 Å². The van der Waals surface area contributed by atoms with Crippen molar-refractivity contribution in [3.8, 4) is 11.5 Å². The molecule has 11 heteroatoms.